The zero-order valence-electron chi connectivity index (χ0n) is 17.2. The lowest BCUT2D eigenvalue weighted by Crippen LogP contribution is -2.47. The number of carbonyl (C=O) groups is 2. The fraction of sp³-hybridized carbons (Fsp3) is 0.160. The maximum absolute atomic E-state index is 12.8. The minimum absolute atomic E-state index is 0.343. The summed E-state index contributed by atoms with van der Waals surface area (Å²) in [4.78, 5) is 26.3. The summed E-state index contributed by atoms with van der Waals surface area (Å²) in [6, 6.07) is 26.2. The number of nitrogens with one attached hydrogen (secondary N) is 1. The molecule has 0 aliphatic rings. The highest BCUT2D eigenvalue weighted by atomic mass is 32.2. The van der Waals surface area contributed by atoms with E-state index in [1.165, 1.54) is 18.8 Å². The molecular formula is C25H23N3O2S. The number of carbonyl (C=O) groups excluding carboxylic acids is 2. The summed E-state index contributed by atoms with van der Waals surface area (Å²) in [6.45, 7) is 0. The van der Waals surface area contributed by atoms with Gasteiger partial charge in [-0.25, -0.2) is 0 Å². The van der Waals surface area contributed by atoms with E-state index in [4.69, 9.17) is 5.26 Å². The Balaban J connectivity index is 1.67. The van der Waals surface area contributed by atoms with Gasteiger partial charge in [0.2, 0.25) is 0 Å². The Bertz CT molecular complexity index is 1050. The number of rotatable bonds is 8. The van der Waals surface area contributed by atoms with Crippen LogP contribution in [0.1, 0.15) is 15.9 Å². The number of benzene rings is 3. The van der Waals surface area contributed by atoms with Crippen LogP contribution < -0.4 is 5.32 Å². The number of likely N-dealkylation sites (N-methyl/N-ethyl adjacent to an activating group) is 1. The molecule has 0 aliphatic carbocycles. The van der Waals surface area contributed by atoms with Gasteiger partial charge in [0.05, 0.1) is 0 Å². The number of nitriles is 1. The molecule has 0 radical (unpaired) electrons. The van der Waals surface area contributed by atoms with E-state index < -0.39 is 11.9 Å². The molecule has 0 spiro atoms. The number of thioether (sulfide) groups is 1. The van der Waals surface area contributed by atoms with Crippen LogP contribution in [0.25, 0.3) is 11.1 Å². The van der Waals surface area contributed by atoms with E-state index >= 15 is 0 Å². The van der Waals surface area contributed by atoms with Crippen molar-refractivity contribution in [2.45, 2.75) is 11.8 Å². The van der Waals surface area contributed by atoms with E-state index in [0.717, 1.165) is 21.6 Å². The molecule has 3 aromatic rings. The number of amides is 2. The van der Waals surface area contributed by atoms with Crippen molar-refractivity contribution in [3.63, 3.8) is 0 Å². The second-order valence-electron chi connectivity index (χ2n) is 6.97. The molecule has 0 unspecified atom stereocenters. The van der Waals surface area contributed by atoms with Gasteiger partial charge in [0.15, 0.2) is 6.19 Å². The van der Waals surface area contributed by atoms with Crippen molar-refractivity contribution in [1.29, 1.82) is 5.26 Å². The average Bonchev–Trinajstić information content (AvgIpc) is 2.83. The smallest absolute Gasteiger partial charge is 0.258 e. The summed E-state index contributed by atoms with van der Waals surface area (Å²) in [7, 11) is 1.40. The van der Waals surface area contributed by atoms with Gasteiger partial charge in [0, 0.05) is 24.1 Å². The first kappa shape index (κ1) is 22.1. The van der Waals surface area contributed by atoms with Crippen LogP contribution >= 0.6 is 11.8 Å². The summed E-state index contributed by atoms with van der Waals surface area (Å²) in [5.41, 5.74) is 3.67. The Morgan fingerprint density at radius 3 is 2.13 bits per heavy atom. The molecule has 31 heavy (non-hydrogen) atoms. The Labute approximate surface area is 186 Å². The second kappa shape index (κ2) is 11.0. The zero-order valence-corrected chi connectivity index (χ0v) is 18.0. The van der Waals surface area contributed by atoms with Crippen LogP contribution in [0.2, 0.25) is 0 Å². The molecule has 3 aromatic carbocycles. The molecule has 1 atom stereocenters. The lowest BCUT2D eigenvalue weighted by Gasteiger charge is -2.20. The van der Waals surface area contributed by atoms with Crippen LogP contribution in [0.5, 0.6) is 0 Å². The first-order valence-electron chi connectivity index (χ1n) is 9.84. The van der Waals surface area contributed by atoms with Crippen molar-refractivity contribution in [2.24, 2.45) is 0 Å². The van der Waals surface area contributed by atoms with Crippen molar-refractivity contribution in [3.8, 4) is 17.3 Å². The zero-order chi connectivity index (χ0) is 22.1. The highest BCUT2D eigenvalue weighted by Gasteiger charge is 2.24. The Morgan fingerprint density at radius 1 is 0.935 bits per heavy atom. The SMILES string of the molecule is CN(C#N)C(=O)[C@H](CSCc1ccccc1)NC(=O)c1ccc(-c2ccccc2)cc1. The van der Waals surface area contributed by atoms with Crippen molar-refractivity contribution >= 4 is 23.6 Å². The van der Waals surface area contributed by atoms with Crippen LogP contribution in [0, 0.1) is 11.5 Å². The molecule has 2 amide bonds. The van der Waals surface area contributed by atoms with Crippen LogP contribution in [0.15, 0.2) is 84.9 Å². The van der Waals surface area contributed by atoms with E-state index in [1.807, 2.05) is 79.0 Å². The van der Waals surface area contributed by atoms with Gasteiger partial charge in [0.25, 0.3) is 11.8 Å². The largest absolute Gasteiger partial charge is 0.339 e. The van der Waals surface area contributed by atoms with E-state index in [2.05, 4.69) is 5.32 Å². The topological polar surface area (TPSA) is 73.2 Å². The molecule has 0 bridgehead atoms. The normalized spacial score (nSPS) is 11.2. The number of nitrogens with zero attached hydrogens (tertiary/aromatic N) is 2. The summed E-state index contributed by atoms with van der Waals surface area (Å²) < 4.78 is 0. The lowest BCUT2D eigenvalue weighted by atomic mass is 10.0. The molecule has 0 fully saturated rings. The van der Waals surface area contributed by atoms with E-state index in [0.29, 0.717) is 17.1 Å². The first-order chi connectivity index (χ1) is 15.1. The van der Waals surface area contributed by atoms with Gasteiger partial charge >= 0.3 is 0 Å². The van der Waals surface area contributed by atoms with Crippen LogP contribution in [-0.4, -0.2) is 35.6 Å². The fourth-order valence-electron chi connectivity index (χ4n) is 3.01. The molecule has 3 rings (SSSR count). The predicted octanol–water partition coefficient (Wildman–Crippen LogP) is 4.32. The van der Waals surface area contributed by atoms with Gasteiger partial charge in [-0.1, -0.05) is 72.8 Å². The van der Waals surface area contributed by atoms with Crippen molar-refractivity contribution in [2.75, 3.05) is 12.8 Å². The monoisotopic (exact) mass is 429 g/mol. The maximum atomic E-state index is 12.8. The fourth-order valence-corrected chi connectivity index (χ4v) is 4.02. The quantitative estimate of drug-likeness (QED) is 0.427. The molecule has 0 aliphatic heterocycles. The Hall–Kier alpha value is -3.56. The predicted molar refractivity (Wildman–Crippen MR) is 124 cm³/mol. The van der Waals surface area contributed by atoms with Gasteiger partial charge in [-0.15, -0.1) is 0 Å². The highest BCUT2D eigenvalue weighted by molar-refractivity contribution is 7.98. The summed E-state index contributed by atoms with van der Waals surface area (Å²) in [5.74, 6) is 0.303. The van der Waals surface area contributed by atoms with Gasteiger partial charge in [-0.3, -0.25) is 14.5 Å². The third-order valence-corrected chi connectivity index (χ3v) is 5.84. The molecular weight excluding hydrogens is 406 g/mol. The summed E-state index contributed by atoms with van der Waals surface area (Å²) in [6.07, 6.45) is 1.82. The van der Waals surface area contributed by atoms with Crippen LogP contribution in [-0.2, 0) is 10.5 Å². The molecule has 156 valence electrons. The third-order valence-electron chi connectivity index (χ3n) is 4.73. The number of hydrogen-bond acceptors (Lipinski definition) is 4. The standard InChI is InChI=1S/C25H23N3O2S/c1-28(18-26)25(30)23(17-31-16-19-8-4-2-5-9-19)27-24(29)22-14-12-21(13-15-22)20-10-6-3-7-11-20/h2-15,23H,16-17H2,1H3,(H,27,29)/t23-/m0/s1. The summed E-state index contributed by atoms with van der Waals surface area (Å²) in [5, 5.41) is 11.9. The van der Waals surface area contributed by atoms with Crippen molar-refractivity contribution in [3.05, 3.63) is 96.1 Å². The minimum Gasteiger partial charge on any atom is -0.339 e. The minimum atomic E-state index is -0.792. The highest BCUT2D eigenvalue weighted by Crippen LogP contribution is 2.19. The third kappa shape index (κ3) is 6.21. The molecule has 1 N–H and O–H groups in total. The maximum Gasteiger partial charge on any atom is 0.258 e. The van der Waals surface area contributed by atoms with Crippen LogP contribution in [0.3, 0.4) is 0 Å². The summed E-state index contributed by atoms with van der Waals surface area (Å²) >= 11 is 1.54. The van der Waals surface area contributed by atoms with Crippen molar-refractivity contribution in [1.82, 2.24) is 10.2 Å². The number of hydrogen-bond donors (Lipinski definition) is 1. The average molecular weight is 430 g/mol. The van der Waals surface area contributed by atoms with E-state index in [-0.39, 0.29) is 5.91 Å². The van der Waals surface area contributed by atoms with Gasteiger partial charge in [0.1, 0.15) is 6.04 Å². The molecule has 0 saturated carbocycles. The Morgan fingerprint density at radius 2 is 1.52 bits per heavy atom. The van der Waals surface area contributed by atoms with Crippen molar-refractivity contribution < 1.29 is 9.59 Å². The molecule has 0 aromatic heterocycles. The lowest BCUT2D eigenvalue weighted by molar-refractivity contribution is -0.128. The van der Waals surface area contributed by atoms with Gasteiger partial charge < -0.3 is 5.32 Å². The molecule has 6 heteroatoms. The molecule has 0 saturated heterocycles. The van der Waals surface area contributed by atoms with Gasteiger partial charge in [-0.2, -0.15) is 17.0 Å². The Kier molecular flexibility index (Phi) is 7.85. The second-order valence-corrected chi connectivity index (χ2v) is 8.00. The van der Waals surface area contributed by atoms with E-state index in [9.17, 15) is 9.59 Å². The first-order valence-corrected chi connectivity index (χ1v) is 11.0. The van der Waals surface area contributed by atoms with Gasteiger partial charge in [-0.05, 0) is 28.8 Å². The molecule has 0 heterocycles. The van der Waals surface area contributed by atoms with Crippen LogP contribution in [0.4, 0.5) is 0 Å². The molecule has 5 nitrogen and oxygen atoms in total. The van der Waals surface area contributed by atoms with E-state index in [1.54, 1.807) is 12.1 Å².